The second-order valence-corrected chi connectivity index (χ2v) is 8.64. The number of nitrogens with zero attached hydrogens (tertiary/aromatic N) is 2. The summed E-state index contributed by atoms with van der Waals surface area (Å²) >= 11 is 1.57. The molecular formula is C21H34N4O2S. The van der Waals surface area contributed by atoms with Gasteiger partial charge in [-0.3, -0.25) is 4.79 Å². The molecule has 0 aliphatic carbocycles. The van der Waals surface area contributed by atoms with Crippen molar-refractivity contribution in [3.63, 3.8) is 0 Å². The van der Waals surface area contributed by atoms with E-state index in [0.717, 1.165) is 56.4 Å². The maximum atomic E-state index is 12.1. The van der Waals surface area contributed by atoms with Crippen LogP contribution in [0.2, 0.25) is 0 Å². The quantitative estimate of drug-likeness (QED) is 0.651. The SMILES string of the molecule is CC(C)C.O=C(NCCCCCN1CCNCC1)c1cc(-c2cccs2)on1. The van der Waals surface area contributed by atoms with Gasteiger partial charge in [-0.05, 0) is 36.8 Å². The summed E-state index contributed by atoms with van der Waals surface area (Å²) in [6, 6.07) is 5.60. The van der Waals surface area contributed by atoms with Gasteiger partial charge in [0.2, 0.25) is 0 Å². The minimum absolute atomic E-state index is 0.163. The predicted octanol–water partition coefficient (Wildman–Crippen LogP) is 3.87. The molecule has 3 rings (SSSR count). The van der Waals surface area contributed by atoms with Crippen LogP contribution in [0.1, 0.15) is 50.5 Å². The van der Waals surface area contributed by atoms with Crippen molar-refractivity contribution in [2.45, 2.75) is 40.0 Å². The molecule has 0 atom stereocenters. The summed E-state index contributed by atoms with van der Waals surface area (Å²) in [6.45, 7) is 12.8. The highest BCUT2D eigenvalue weighted by molar-refractivity contribution is 7.13. The molecule has 0 saturated carbocycles. The van der Waals surface area contributed by atoms with Gasteiger partial charge in [-0.25, -0.2) is 0 Å². The van der Waals surface area contributed by atoms with Crippen molar-refractivity contribution in [3.05, 3.63) is 29.3 Å². The summed E-state index contributed by atoms with van der Waals surface area (Å²) < 4.78 is 5.23. The molecule has 7 heteroatoms. The molecule has 0 spiro atoms. The second kappa shape index (κ2) is 12.7. The normalized spacial score (nSPS) is 14.6. The molecular weight excluding hydrogens is 372 g/mol. The average Bonchev–Trinajstić information content (AvgIpc) is 3.36. The van der Waals surface area contributed by atoms with Crippen LogP contribution in [-0.2, 0) is 0 Å². The van der Waals surface area contributed by atoms with E-state index in [4.69, 9.17) is 4.52 Å². The molecule has 1 amide bonds. The van der Waals surface area contributed by atoms with Gasteiger partial charge in [0.15, 0.2) is 11.5 Å². The van der Waals surface area contributed by atoms with Crippen LogP contribution >= 0.6 is 11.3 Å². The monoisotopic (exact) mass is 406 g/mol. The van der Waals surface area contributed by atoms with Crippen molar-refractivity contribution in [1.82, 2.24) is 20.7 Å². The maximum absolute atomic E-state index is 12.1. The number of hydrogen-bond acceptors (Lipinski definition) is 6. The molecule has 0 bridgehead atoms. The second-order valence-electron chi connectivity index (χ2n) is 7.69. The zero-order valence-electron chi connectivity index (χ0n) is 17.4. The number of thiophene rings is 1. The van der Waals surface area contributed by atoms with Crippen LogP contribution in [0, 0.1) is 5.92 Å². The number of aromatic nitrogens is 1. The third-order valence-electron chi connectivity index (χ3n) is 4.15. The fourth-order valence-electron chi connectivity index (χ4n) is 2.78. The lowest BCUT2D eigenvalue weighted by Gasteiger charge is -2.26. The van der Waals surface area contributed by atoms with Crippen molar-refractivity contribution in [3.8, 4) is 10.6 Å². The predicted molar refractivity (Wildman–Crippen MR) is 116 cm³/mol. The maximum Gasteiger partial charge on any atom is 0.273 e. The summed E-state index contributed by atoms with van der Waals surface area (Å²) in [7, 11) is 0. The van der Waals surface area contributed by atoms with Gasteiger partial charge in [-0.1, -0.05) is 38.4 Å². The van der Waals surface area contributed by atoms with E-state index in [0.29, 0.717) is 18.0 Å². The lowest BCUT2D eigenvalue weighted by Crippen LogP contribution is -2.43. The average molecular weight is 407 g/mol. The van der Waals surface area contributed by atoms with Crippen molar-refractivity contribution >= 4 is 17.2 Å². The van der Waals surface area contributed by atoms with Gasteiger partial charge in [-0.15, -0.1) is 11.3 Å². The Kier molecular flexibility index (Phi) is 10.2. The molecule has 1 aliphatic rings. The van der Waals surface area contributed by atoms with Gasteiger partial charge < -0.3 is 20.1 Å². The fraction of sp³-hybridized carbons (Fsp3) is 0.619. The van der Waals surface area contributed by atoms with Crippen LogP contribution in [0.3, 0.4) is 0 Å². The number of carbonyl (C=O) groups is 1. The summed E-state index contributed by atoms with van der Waals surface area (Å²) in [5, 5.41) is 12.1. The van der Waals surface area contributed by atoms with E-state index < -0.39 is 0 Å². The van der Waals surface area contributed by atoms with E-state index in [1.807, 2.05) is 17.5 Å². The standard InChI is InChI=1S/C17H24N4O2S.C4H10/c22-17(14-13-15(23-20-14)16-5-4-12-24-16)19-6-2-1-3-9-21-10-7-18-8-11-21;1-4(2)3/h4-5,12-13,18H,1-3,6-11H2,(H,19,22);4H,1-3H3. The van der Waals surface area contributed by atoms with Crippen molar-refractivity contribution in [2.75, 3.05) is 39.3 Å². The zero-order chi connectivity index (χ0) is 20.2. The van der Waals surface area contributed by atoms with E-state index in [-0.39, 0.29) is 5.91 Å². The topological polar surface area (TPSA) is 70.4 Å². The number of piperazine rings is 1. The summed E-state index contributed by atoms with van der Waals surface area (Å²) in [5.74, 6) is 1.31. The van der Waals surface area contributed by atoms with E-state index in [1.165, 1.54) is 6.42 Å². The van der Waals surface area contributed by atoms with Crippen molar-refractivity contribution in [1.29, 1.82) is 0 Å². The van der Waals surface area contributed by atoms with Crippen molar-refractivity contribution in [2.24, 2.45) is 5.92 Å². The zero-order valence-corrected chi connectivity index (χ0v) is 18.2. The number of hydrogen-bond donors (Lipinski definition) is 2. The molecule has 1 aliphatic heterocycles. The first-order valence-electron chi connectivity index (χ1n) is 10.3. The van der Waals surface area contributed by atoms with Crippen LogP contribution in [0.25, 0.3) is 10.6 Å². The Bertz CT molecular complexity index is 661. The molecule has 1 fully saturated rings. The molecule has 156 valence electrons. The summed E-state index contributed by atoms with van der Waals surface area (Å²) in [4.78, 5) is 15.5. The number of rotatable bonds is 8. The summed E-state index contributed by atoms with van der Waals surface area (Å²) in [6.07, 6.45) is 3.30. The van der Waals surface area contributed by atoms with E-state index >= 15 is 0 Å². The molecule has 2 aromatic heterocycles. The highest BCUT2D eigenvalue weighted by atomic mass is 32.1. The van der Waals surface area contributed by atoms with Crippen LogP contribution in [0.5, 0.6) is 0 Å². The Labute approximate surface area is 172 Å². The van der Waals surface area contributed by atoms with Gasteiger partial charge >= 0.3 is 0 Å². The van der Waals surface area contributed by atoms with E-state index in [9.17, 15) is 4.79 Å². The first-order chi connectivity index (χ1) is 13.6. The molecule has 1 saturated heterocycles. The Morgan fingerprint density at radius 2 is 2.04 bits per heavy atom. The number of nitrogens with one attached hydrogen (secondary N) is 2. The van der Waals surface area contributed by atoms with Gasteiger partial charge in [0.05, 0.1) is 4.88 Å². The molecule has 2 N–H and O–H groups in total. The molecule has 28 heavy (non-hydrogen) atoms. The fourth-order valence-corrected chi connectivity index (χ4v) is 3.45. The Balaban J connectivity index is 0.000000640. The van der Waals surface area contributed by atoms with Gasteiger partial charge in [0.1, 0.15) is 0 Å². The number of amides is 1. The number of carbonyl (C=O) groups excluding carboxylic acids is 1. The van der Waals surface area contributed by atoms with Crippen molar-refractivity contribution < 1.29 is 9.32 Å². The lowest BCUT2D eigenvalue weighted by molar-refractivity contribution is 0.0944. The van der Waals surface area contributed by atoms with Crippen LogP contribution in [-0.4, -0.2) is 55.2 Å². The molecule has 3 heterocycles. The van der Waals surface area contributed by atoms with Crippen LogP contribution in [0.15, 0.2) is 28.1 Å². The van der Waals surface area contributed by atoms with E-state index in [1.54, 1.807) is 17.4 Å². The largest absolute Gasteiger partial charge is 0.355 e. The minimum atomic E-state index is -0.163. The molecule has 2 aromatic rings. The van der Waals surface area contributed by atoms with E-state index in [2.05, 4.69) is 41.5 Å². The van der Waals surface area contributed by atoms with Crippen LogP contribution < -0.4 is 10.6 Å². The smallest absolute Gasteiger partial charge is 0.273 e. The Morgan fingerprint density at radius 3 is 2.71 bits per heavy atom. The first kappa shape index (κ1) is 22.6. The highest BCUT2D eigenvalue weighted by Crippen LogP contribution is 2.24. The van der Waals surface area contributed by atoms with Crippen LogP contribution in [0.4, 0.5) is 0 Å². The first-order valence-corrected chi connectivity index (χ1v) is 11.2. The molecule has 6 nitrogen and oxygen atoms in total. The Morgan fingerprint density at radius 1 is 1.29 bits per heavy atom. The number of unbranched alkanes of at least 4 members (excludes halogenated alkanes) is 2. The lowest BCUT2D eigenvalue weighted by atomic mass is 10.2. The minimum Gasteiger partial charge on any atom is -0.355 e. The summed E-state index contributed by atoms with van der Waals surface area (Å²) in [5.41, 5.74) is 0.346. The third-order valence-corrected chi connectivity index (χ3v) is 5.04. The molecule has 0 aromatic carbocycles. The Hall–Kier alpha value is -1.70. The molecule has 0 radical (unpaired) electrons. The highest BCUT2D eigenvalue weighted by Gasteiger charge is 2.13. The third kappa shape index (κ3) is 8.54. The van der Waals surface area contributed by atoms with Gasteiger partial charge in [0, 0.05) is 38.8 Å². The van der Waals surface area contributed by atoms with Gasteiger partial charge in [0.25, 0.3) is 5.91 Å². The van der Waals surface area contributed by atoms with Gasteiger partial charge in [-0.2, -0.15) is 0 Å². The molecule has 0 unspecified atom stereocenters.